The number of hydrogen-bond donors (Lipinski definition) is 3. The zero-order chi connectivity index (χ0) is 23.6. The summed E-state index contributed by atoms with van der Waals surface area (Å²) in [5.41, 5.74) is 1.78. The van der Waals surface area contributed by atoms with Crippen molar-refractivity contribution < 1.29 is 24.4 Å². The average molecular weight is 466 g/mol. The summed E-state index contributed by atoms with van der Waals surface area (Å²) in [6, 6.07) is 16.7. The first kappa shape index (κ1) is 24.5. The summed E-state index contributed by atoms with van der Waals surface area (Å²) in [6.45, 7) is 6.59. The van der Waals surface area contributed by atoms with Crippen LogP contribution >= 0.6 is 11.8 Å². The van der Waals surface area contributed by atoms with Gasteiger partial charge in [0.15, 0.2) is 6.04 Å². The molecule has 3 N–H and O–H groups in total. The van der Waals surface area contributed by atoms with Gasteiger partial charge < -0.3 is 9.84 Å². The number of ether oxygens (including phenoxy) is 1. The SMILES string of the molecule is C=c1ccc(=C/C=C2\CSC(C(NCc3ccccc3)C(=O)OCCC)[NH+]=C2C(=O)O)cc1. The number of allylic oxidation sites excluding steroid dienone is 1. The predicted molar refractivity (Wildman–Crippen MR) is 132 cm³/mol. The molecule has 0 aromatic heterocycles. The molecule has 2 atom stereocenters. The fourth-order valence-electron chi connectivity index (χ4n) is 3.29. The number of rotatable bonds is 9. The van der Waals surface area contributed by atoms with E-state index < -0.39 is 23.4 Å². The number of esters is 1. The Morgan fingerprint density at radius 3 is 2.61 bits per heavy atom. The number of carbonyl (C=O) groups is 2. The maximum absolute atomic E-state index is 12.8. The Hall–Kier alpha value is -3.16. The van der Waals surface area contributed by atoms with Crippen molar-refractivity contribution in [1.29, 1.82) is 0 Å². The summed E-state index contributed by atoms with van der Waals surface area (Å²) < 4.78 is 5.40. The van der Waals surface area contributed by atoms with E-state index in [0.29, 0.717) is 30.9 Å². The van der Waals surface area contributed by atoms with Gasteiger partial charge in [-0.15, -0.1) is 0 Å². The molecule has 0 fully saturated rings. The van der Waals surface area contributed by atoms with Gasteiger partial charge in [-0.3, -0.25) is 10.1 Å². The van der Waals surface area contributed by atoms with Crippen molar-refractivity contribution in [1.82, 2.24) is 5.32 Å². The largest absolute Gasteiger partial charge is 0.473 e. The molecule has 1 heterocycles. The Bertz CT molecular complexity index is 1120. The van der Waals surface area contributed by atoms with Crippen molar-refractivity contribution in [2.45, 2.75) is 31.3 Å². The van der Waals surface area contributed by atoms with Gasteiger partial charge >= 0.3 is 11.9 Å². The van der Waals surface area contributed by atoms with Crippen LogP contribution in [0.1, 0.15) is 18.9 Å². The molecule has 0 spiro atoms. The van der Waals surface area contributed by atoms with E-state index in [1.165, 1.54) is 11.8 Å². The van der Waals surface area contributed by atoms with Gasteiger partial charge in [0.25, 0.3) is 5.71 Å². The maximum Gasteiger partial charge on any atom is 0.401 e. The lowest BCUT2D eigenvalue weighted by Crippen LogP contribution is -2.86. The van der Waals surface area contributed by atoms with Crippen molar-refractivity contribution in [2.75, 3.05) is 12.4 Å². The van der Waals surface area contributed by atoms with Crippen molar-refractivity contribution >= 4 is 42.1 Å². The molecule has 2 aromatic carbocycles. The number of carbonyl (C=O) groups excluding carboxylic acids is 1. The quantitative estimate of drug-likeness (QED) is 0.470. The van der Waals surface area contributed by atoms with Gasteiger partial charge in [0.05, 0.1) is 6.61 Å². The molecule has 2 unspecified atom stereocenters. The summed E-state index contributed by atoms with van der Waals surface area (Å²) in [7, 11) is 0. The van der Waals surface area contributed by atoms with E-state index in [9.17, 15) is 14.7 Å². The third-order valence-corrected chi connectivity index (χ3v) is 6.30. The molecule has 2 aromatic rings. The lowest BCUT2D eigenvalue weighted by molar-refractivity contribution is -0.476. The normalized spacial score (nSPS) is 17.8. The third kappa shape index (κ3) is 7.17. The molecular weight excluding hydrogens is 436 g/mol. The van der Waals surface area contributed by atoms with Crippen LogP contribution in [0.4, 0.5) is 0 Å². The molecule has 0 aliphatic carbocycles. The van der Waals surface area contributed by atoms with E-state index in [-0.39, 0.29) is 5.71 Å². The van der Waals surface area contributed by atoms with Gasteiger partial charge in [-0.25, -0.2) is 9.79 Å². The van der Waals surface area contributed by atoms with Crippen LogP contribution in [0.3, 0.4) is 0 Å². The number of hydrogen-bond acceptors (Lipinski definition) is 5. The van der Waals surface area contributed by atoms with Crippen molar-refractivity contribution in [3.05, 3.63) is 82.2 Å². The number of carboxylic acids is 1. The summed E-state index contributed by atoms with van der Waals surface area (Å²) >= 11 is 1.48. The van der Waals surface area contributed by atoms with Crippen LogP contribution in [0.5, 0.6) is 0 Å². The van der Waals surface area contributed by atoms with Gasteiger partial charge in [0, 0.05) is 17.9 Å². The summed E-state index contributed by atoms with van der Waals surface area (Å²) in [5.74, 6) is -1.00. The Balaban J connectivity index is 1.85. The van der Waals surface area contributed by atoms with E-state index in [4.69, 9.17) is 4.74 Å². The summed E-state index contributed by atoms with van der Waals surface area (Å²) in [4.78, 5) is 27.9. The first-order valence-electron chi connectivity index (χ1n) is 10.9. The number of nitrogens with one attached hydrogen (secondary N) is 2. The molecule has 0 radical (unpaired) electrons. The lowest BCUT2D eigenvalue weighted by Gasteiger charge is -2.23. The average Bonchev–Trinajstić information content (AvgIpc) is 2.83. The standard InChI is InChI=1S/C26H28N2O4S/c1-3-15-32-26(31)23(27-16-20-7-5-4-6-8-20)24-28-22(25(29)30)21(17-33-24)14-13-19-11-9-18(2)10-12-19/h4-14,23-24,27H,2-3,15-17H2,1H3,(H,29,30)/p+1/b21-14+. The lowest BCUT2D eigenvalue weighted by atomic mass is 10.1. The zero-order valence-electron chi connectivity index (χ0n) is 18.6. The van der Waals surface area contributed by atoms with E-state index in [1.807, 2.05) is 67.6 Å². The fraction of sp³-hybridized carbons (Fsp3) is 0.269. The molecule has 0 bridgehead atoms. The predicted octanol–water partition coefficient (Wildman–Crippen LogP) is 0.595. The number of carboxylic acid groups (broad SMARTS) is 1. The van der Waals surface area contributed by atoms with Crippen molar-refractivity contribution in [3.8, 4) is 0 Å². The molecule has 7 heteroatoms. The Kier molecular flexibility index (Phi) is 9.04. The minimum absolute atomic E-state index is 0.0959. The molecule has 0 saturated carbocycles. The van der Waals surface area contributed by atoms with E-state index in [1.54, 1.807) is 6.08 Å². The third-order valence-electron chi connectivity index (χ3n) is 5.07. The second-order valence-corrected chi connectivity index (χ2v) is 8.80. The van der Waals surface area contributed by atoms with Crippen LogP contribution in [0.2, 0.25) is 0 Å². The van der Waals surface area contributed by atoms with Crippen LogP contribution in [0, 0.1) is 0 Å². The highest BCUT2D eigenvalue weighted by atomic mass is 32.2. The molecule has 1 aliphatic rings. The van der Waals surface area contributed by atoms with E-state index >= 15 is 0 Å². The first-order chi connectivity index (χ1) is 16.0. The van der Waals surface area contributed by atoms with Gasteiger partial charge in [0.1, 0.15) is 0 Å². The number of thioether (sulfide) groups is 1. The Labute approximate surface area is 197 Å². The molecule has 1 aliphatic heterocycles. The zero-order valence-corrected chi connectivity index (χ0v) is 19.4. The van der Waals surface area contributed by atoms with Gasteiger partial charge in [0.2, 0.25) is 5.37 Å². The van der Waals surface area contributed by atoms with Crippen LogP contribution in [-0.4, -0.2) is 46.5 Å². The first-order valence-corrected chi connectivity index (χ1v) is 11.9. The minimum atomic E-state index is -1.06. The molecule has 3 rings (SSSR count). The van der Waals surface area contributed by atoms with Crippen LogP contribution in [0.25, 0.3) is 12.7 Å². The van der Waals surface area contributed by atoms with Gasteiger partial charge in [-0.1, -0.05) is 92.0 Å². The van der Waals surface area contributed by atoms with Crippen molar-refractivity contribution in [2.24, 2.45) is 0 Å². The molecule has 0 saturated heterocycles. The summed E-state index contributed by atoms with van der Waals surface area (Å²) in [6.07, 6.45) is 4.40. The van der Waals surface area contributed by atoms with Crippen molar-refractivity contribution in [3.63, 3.8) is 0 Å². The maximum atomic E-state index is 12.8. The number of aliphatic carboxylic acids is 1. The highest BCUT2D eigenvalue weighted by Gasteiger charge is 2.39. The van der Waals surface area contributed by atoms with Crippen LogP contribution in [0.15, 0.2) is 66.2 Å². The second kappa shape index (κ2) is 12.2. The topological polar surface area (TPSA) is 89.6 Å². The minimum Gasteiger partial charge on any atom is -0.473 e. The van der Waals surface area contributed by atoms with Gasteiger partial charge in [-0.2, -0.15) is 0 Å². The summed E-state index contributed by atoms with van der Waals surface area (Å²) in [5, 5.41) is 14.5. The number of benzene rings is 2. The Morgan fingerprint density at radius 1 is 1.21 bits per heavy atom. The van der Waals surface area contributed by atoms with Gasteiger partial charge in [-0.05, 0) is 22.4 Å². The van der Waals surface area contributed by atoms with E-state index in [2.05, 4.69) is 16.9 Å². The molecule has 6 nitrogen and oxygen atoms in total. The van der Waals surface area contributed by atoms with Crippen LogP contribution < -0.4 is 20.7 Å². The monoisotopic (exact) mass is 465 g/mol. The molecule has 172 valence electrons. The fourth-order valence-corrected chi connectivity index (χ4v) is 4.49. The molecular formula is C26H29N2O4S+. The smallest absolute Gasteiger partial charge is 0.401 e. The molecule has 0 amide bonds. The molecule has 33 heavy (non-hydrogen) atoms. The highest BCUT2D eigenvalue weighted by molar-refractivity contribution is 8.00. The second-order valence-electron chi connectivity index (χ2n) is 7.67. The van der Waals surface area contributed by atoms with E-state index in [0.717, 1.165) is 16.0 Å². The Morgan fingerprint density at radius 2 is 1.94 bits per heavy atom. The highest BCUT2D eigenvalue weighted by Crippen LogP contribution is 2.18. The van der Waals surface area contributed by atoms with Crippen LogP contribution in [-0.2, 0) is 20.9 Å².